The van der Waals surface area contributed by atoms with Gasteiger partial charge < -0.3 is 9.88 Å². The third-order valence-electron chi connectivity index (χ3n) is 5.87. The van der Waals surface area contributed by atoms with Crippen molar-refractivity contribution < 1.29 is 4.79 Å². The van der Waals surface area contributed by atoms with Crippen LogP contribution in [0.2, 0.25) is 0 Å². The van der Waals surface area contributed by atoms with Gasteiger partial charge in [-0.1, -0.05) is 36.9 Å². The van der Waals surface area contributed by atoms with E-state index in [-0.39, 0.29) is 5.91 Å². The minimum atomic E-state index is 0.218. The number of aromatic nitrogens is 4. The van der Waals surface area contributed by atoms with Crippen molar-refractivity contribution in [2.75, 3.05) is 18.8 Å². The van der Waals surface area contributed by atoms with Crippen LogP contribution in [0.25, 0.3) is 22.3 Å². The third-order valence-corrected chi connectivity index (χ3v) is 6.80. The molecular formula is C21H25N5OS. The molecule has 3 heterocycles. The van der Waals surface area contributed by atoms with Crippen molar-refractivity contribution in [3.8, 4) is 11.4 Å². The summed E-state index contributed by atoms with van der Waals surface area (Å²) in [5.41, 5.74) is 2.18. The standard InChI is InChI=1S/C21H25N5OS/c1-14-8-10-25(11-9-14)19(27)13-28-21-24-23-20(26(21)15-6-7-15)17-12-22-18-5-3-2-4-16(17)18/h2-5,12,14-15,22H,6-11,13H2,1H3. The van der Waals surface area contributed by atoms with Crippen LogP contribution in [0.15, 0.2) is 35.6 Å². The fraction of sp³-hybridized carbons (Fsp3) is 0.476. The summed E-state index contributed by atoms with van der Waals surface area (Å²) in [4.78, 5) is 18.0. The second-order valence-corrected chi connectivity index (χ2v) is 8.95. The Morgan fingerprint density at radius 3 is 2.75 bits per heavy atom. The number of amides is 1. The maximum atomic E-state index is 12.6. The first kappa shape index (κ1) is 17.8. The van der Waals surface area contributed by atoms with E-state index in [1.807, 2.05) is 23.2 Å². The van der Waals surface area contributed by atoms with Crippen LogP contribution in [0.5, 0.6) is 0 Å². The average Bonchev–Trinajstić information content (AvgIpc) is 3.33. The molecule has 2 aliphatic rings. The second kappa shape index (κ2) is 7.28. The molecule has 6 nitrogen and oxygen atoms in total. The van der Waals surface area contributed by atoms with E-state index in [0.29, 0.717) is 11.8 Å². The van der Waals surface area contributed by atoms with Crippen molar-refractivity contribution in [1.82, 2.24) is 24.6 Å². The molecule has 5 rings (SSSR count). The summed E-state index contributed by atoms with van der Waals surface area (Å²) in [6, 6.07) is 8.71. The lowest BCUT2D eigenvalue weighted by atomic mass is 9.99. The first-order valence-corrected chi connectivity index (χ1v) is 11.1. The first-order chi connectivity index (χ1) is 13.7. The molecule has 1 amide bonds. The van der Waals surface area contributed by atoms with Gasteiger partial charge in [0.2, 0.25) is 5.91 Å². The van der Waals surface area contributed by atoms with E-state index in [2.05, 4.69) is 38.8 Å². The fourth-order valence-corrected chi connectivity index (χ4v) is 4.86. The van der Waals surface area contributed by atoms with E-state index in [1.165, 1.54) is 11.8 Å². The van der Waals surface area contributed by atoms with Gasteiger partial charge in [0.15, 0.2) is 11.0 Å². The number of carbonyl (C=O) groups is 1. The number of aromatic amines is 1. The Bertz CT molecular complexity index is 997. The van der Waals surface area contributed by atoms with E-state index >= 15 is 0 Å². The molecule has 3 aromatic rings. The zero-order chi connectivity index (χ0) is 19.1. The van der Waals surface area contributed by atoms with Gasteiger partial charge in [-0.3, -0.25) is 9.36 Å². The molecule has 1 N–H and O–H groups in total. The molecule has 1 aromatic carbocycles. The highest BCUT2D eigenvalue weighted by Crippen LogP contribution is 2.42. The van der Waals surface area contributed by atoms with Crippen LogP contribution in [0, 0.1) is 5.92 Å². The third kappa shape index (κ3) is 3.32. The molecule has 1 saturated heterocycles. The topological polar surface area (TPSA) is 66.8 Å². The smallest absolute Gasteiger partial charge is 0.233 e. The van der Waals surface area contributed by atoms with Crippen molar-refractivity contribution in [2.24, 2.45) is 5.92 Å². The monoisotopic (exact) mass is 395 g/mol. The molecule has 0 atom stereocenters. The summed E-state index contributed by atoms with van der Waals surface area (Å²) < 4.78 is 2.24. The summed E-state index contributed by atoms with van der Waals surface area (Å²) in [6.07, 6.45) is 6.54. The minimum absolute atomic E-state index is 0.218. The highest BCUT2D eigenvalue weighted by atomic mass is 32.2. The maximum absolute atomic E-state index is 12.6. The van der Waals surface area contributed by atoms with Gasteiger partial charge in [0.1, 0.15) is 0 Å². The van der Waals surface area contributed by atoms with Crippen molar-refractivity contribution in [1.29, 1.82) is 0 Å². The van der Waals surface area contributed by atoms with Gasteiger partial charge in [-0.2, -0.15) is 0 Å². The van der Waals surface area contributed by atoms with Crippen LogP contribution in [0.4, 0.5) is 0 Å². The molecule has 28 heavy (non-hydrogen) atoms. The number of thioether (sulfide) groups is 1. The number of carbonyl (C=O) groups excluding carboxylic acids is 1. The van der Waals surface area contributed by atoms with Gasteiger partial charge in [-0.15, -0.1) is 10.2 Å². The highest BCUT2D eigenvalue weighted by molar-refractivity contribution is 7.99. The predicted molar refractivity (Wildman–Crippen MR) is 111 cm³/mol. The van der Waals surface area contributed by atoms with Crippen molar-refractivity contribution in [3.63, 3.8) is 0 Å². The molecule has 0 bridgehead atoms. The zero-order valence-corrected chi connectivity index (χ0v) is 16.9. The Hall–Kier alpha value is -2.28. The minimum Gasteiger partial charge on any atom is -0.360 e. The van der Waals surface area contributed by atoms with Gasteiger partial charge in [-0.25, -0.2) is 0 Å². The maximum Gasteiger partial charge on any atom is 0.233 e. The Morgan fingerprint density at radius 1 is 1.18 bits per heavy atom. The molecule has 0 spiro atoms. The Balaban J connectivity index is 1.37. The number of benzene rings is 1. The molecular weight excluding hydrogens is 370 g/mol. The number of piperidine rings is 1. The van der Waals surface area contributed by atoms with Crippen LogP contribution in [-0.2, 0) is 4.79 Å². The summed E-state index contributed by atoms with van der Waals surface area (Å²) in [6.45, 7) is 4.04. The van der Waals surface area contributed by atoms with Crippen molar-refractivity contribution >= 4 is 28.6 Å². The predicted octanol–water partition coefficient (Wildman–Crippen LogP) is 4.11. The Labute approximate surface area is 168 Å². The number of likely N-dealkylation sites (tertiary alicyclic amines) is 1. The lowest BCUT2D eigenvalue weighted by Crippen LogP contribution is -2.38. The molecule has 7 heteroatoms. The summed E-state index contributed by atoms with van der Waals surface area (Å²) >= 11 is 1.53. The van der Waals surface area contributed by atoms with Crippen LogP contribution < -0.4 is 0 Å². The van der Waals surface area contributed by atoms with Gasteiger partial charge in [0, 0.05) is 41.8 Å². The van der Waals surface area contributed by atoms with Crippen molar-refractivity contribution in [2.45, 2.75) is 43.8 Å². The van der Waals surface area contributed by atoms with Crippen LogP contribution >= 0.6 is 11.8 Å². The van der Waals surface area contributed by atoms with Crippen LogP contribution in [0.3, 0.4) is 0 Å². The van der Waals surface area contributed by atoms with E-state index in [0.717, 1.165) is 72.1 Å². The van der Waals surface area contributed by atoms with Gasteiger partial charge in [-0.05, 0) is 37.7 Å². The normalized spacial score (nSPS) is 18.1. The number of hydrogen-bond donors (Lipinski definition) is 1. The van der Waals surface area contributed by atoms with Gasteiger partial charge in [0.05, 0.1) is 5.75 Å². The fourth-order valence-electron chi connectivity index (χ4n) is 3.95. The first-order valence-electron chi connectivity index (χ1n) is 10.1. The van der Waals surface area contributed by atoms with Gasteiger partial charge in [0.25, 0.3) is 0 Å². The SMILES string of the molecule is CC1CCN(C(=O)CSc2nnc(-c3c[nH]c4ccccc34)n2C2CC2)CC1. The number of H-pyrrole nitrogens is 1. The number of para-hydroxylation sites is 1. The largest absolute Gasteiger partial charge is 0.360 e. The molecule has 0 radical (unpaired) electrons. The lowest BCUT2D eigenvalue weighted by Gasteiger charge is -2.30. The molecule has 1 aliphatic heterocycles. The van der Waals surface area contributed by atoms with E-state index in [4.69, 9.17) is 0 Å². The van der Waals surface area contributed by atoms with Gasteiger partial charge >= 0.3 is 0 Å². The molecule has 1 saturated carbocycles. The van der Waals surface area contributed by atoms with Crippen molar-refractivity contribution in [3.05, 3.63) is 30.5 Å². The van der Waals surface area contributed by atoms with E-state index in [9.17, 15) is 4.79 Å². The molecule has 1 aliphatic carbocycles. The number of hydrogen-bond acceptors (Lipinski definition) is 4. The number of fused-ring (bicyclic) bond motifs is 1. The second-order valence-electron chi connectivity index (χ2n) is 8.01. The van der Waals surface area contributed by atoms with Crippen LogP contribution in [0.1, 0.15) is 38.6 Å². The van der Waals surface area contributed by atoms with E-state index < -0.39 is 0 Å². The molecule has 0 unspecified atom stereocenters. The summed E-state index contributed by atoms with van der Waals surface area (Å²) in [7, 11) is 0. The molecule has 2 fully saturated rings. The quantitative estimate of drug-likeness (QED) is 0.660. The van der Waals surface area contributed by atoms with Crippen LogP contribution in [-0.4, -0.2) is 49.4 Å². The van der Waals surface area contributed by atoms with E-state index in [1.54, 1.807) is 0 Å². The number of nitrogens with zero attached hydrogens (tertiary/aromatic N) is 4. The number of rotatable bonds is 5. The Morgan fingerprint density at radius 2 is 1.96 bits per heavy atom. The zero-order valence-electron chi connectivity index (χ0n) is 16.1. The Kier molecular flexibility index (Phi) is 4.62. The summed E-state index contributed by atoms with van der Waals surface area (Å²) in [5, 5.41) is 11.0. The average molecular weight is 396 g/mol. The molecule has 2 aromatic heterocycles. The lowest BCUT2D eigenvalue weighted by molar-refractivity contribution is -0.129. The highest BCUT2D eigenvalue weighted by Gasteiger charge is 2.31. The number of nitrogens with one attached hydrogen (secondary N) is 1. The molecule has 146 valence electrons. The summed E-state index contributed by atoms with van der Waals surface area (Å²) in [5.74, 6) is 2.29.